The van der Waals surface area contributed by atoms with Crippen molar-refractivity contribution in [1.29, 1.82) is 0 Å². The Balaban J connectivity index is 1.27. The van der Waals surface area contributed by atoms with E-state index in [1.807, 2.05) is 42.5 Å². The predicted molar refractivity (Wildman–Crippen MR) is 123 cm³/mol. The van der Waals surface area contributed by atoms with Crippen LogP contribution in [-0.2, 0) is 4.79 Å². The first-order valence-electron chi connectivity index (χ1n) is 10.8. The Bertz CT molecular complexity index is 1130. The van der Waals surface area contributed by atoms with Gasteiger partial charge in [-0.05, 0) is 23.6 Å². The Labute approximate surface area is 190 Å². The number of para-hydroxylation sites is 1. The second-order valence-electron chi connectivity index (χ2n) is 7.83. The molecule has 0 unspecified atom stereocenters. The van der Waals surface area contributed by atoms with Gasteiger partial charge in [-0.3, -0.25) is 14.5 Å². The molecule has 1 fully saturated rings. The molecule has 8 heteroatoms. The van der Waals surface area contributed by atoms with E-state index in [-0.39, 0.29) is 23.1 Å². The molecule has 0 spiro atoms. The molecule has 1 saturated heterocycles. The zero-order valence-electron chi connectivity index (χ0n) is 18.0. The maximum absolute atomic E-state index is 12.8. The minimum Gasteiger partial charge on any atom is -0.434 e. The zero-order valence-corrected chi connectivity index (χ0v) is 18.0. The first-order chi connectivity index (χ1) is 16.0. The summed E-state index contributed by atoms with van der Waals surface area (Å²) in [5.41, 5.74) is 0.916. The van der Waals surface area contributed by atoms with Crippen LogP contribution in [0.25, 0.3) is 10.8 Å². The molecule has 3 aromatic rings. The number of nitrogens with zero attached hydrogens (tertiary/aromatic N) is 2. The molecule has 1 heterocycles. The highest BCUT2D eigenvalue weighted by Gasteiger charge is 2.25. The molecule has 0 radical (unpaired) electrons. The summed E-state index contributed by atoms with van der Waals surface area (Å²) in [4.78, 5) is 29.1. The number of carbonyl (C=O) groups excluding carboxylic acids is 2. The van der Waals surface area contributed by atoms with Crippen molar-refractivity contribution in [2.45, 2.75) is 13.0 Å². The number of piperazine rings is 1. The second kappa shape index (κ2) is 10.4. The standard InChI is InChI=1S/C25H25F2N3O3/c26-25(27)33-22-11-4-3-9-20(22)24(32)30-16-14-29(15-17-30)13-12-23(31)28-21-10-5-7-18-6-1-2-8-19(18)21/h1-11,25H,12-17H2,(H,28,31). The molecule has 0 atom stereocenters. The number of carbonyl (C=O) groups is 2. The summed E-state index contributed by atoms with van der Waals surface area (Å²) in [5, 5.41) is 5.05. The van der Waals surface area contributed by atoms with Gasteiger partial charge in [0.1, 0.15) is 5.75 Å². The lowest BCUT2D eigenvalue weighted by atomic mass is 10.1. The summed E-state index contributed by atoms with van der Waals surface area (Å²) < 4.78 is 29.8. The van der Waals surface area contributed by atoms with Crippen LogP contribution in [-0.4, -0.2) is 60.9 Å². The Morgan fingerprint density at radius 3 is 2.39 bits per heavy atom. The molecule has 6 nitrogen and oxygen atoms in total. The average molecular weight is 453 g/mol. The largest absolute Gasteiger partial charge is 0.434 e. The van der Waals surface area contributed by atoms with Crippen molar-refractivity contribution < 1.29 is 23.1 Å². The molecule has 2 amide bonds. The number of anilines is 1. The van der Waals surface area contributed by atoms with E-state index < -0.39 is 6.61 Å². The topological polar surface area (TPSA) is 61.9 Å². The Hall–Kier alpha value is -3.52. The van der Waals surface area contributed by atoms with Crippen molar-refractivity contribution in [3.8, 4) is 5.75 Å². The Morgan fingerprint density at radius 2 is 1.61 bits per heavy atom. The van der Waals surface area contributed by atoms with Crippen molar-refractivity contribution >= 4 is 28.3 Å². The smallest absolute Gasteiger partial charge is 0.387 e. The van der Waals surface area contributed by atoms with Gasteiger partial charge in [0.2, 0.25) is 5.91 Å². The molecule has 1 aliphatic heterocycles. The fraction of sp³-hybridized carbons (Fsp3) is 0.280. The lowest BCUT2D eigenvalue weighted by molar-refractivity contribution is -0.116. The highest BCUT2D eigenvalue weighted by atomic mass is 19.3. The van der Waals surface area contributed by atoms with Gasteiger partial charge in [-0.1, -0.05) is 48.5 Å². The number of halogens is 2. The first-order valence-corrected chi connectivity index (χ1v) is 10.8. The van der Waals surface area contributed by atoms with Gasteiger partial charge in [0.15, 0.2) is 0 Å². The number of alkyl halides is 2. The third kappa shape index (κ3) is 5.64. The van der Waals surface area contributed by atoms with Crippen LogP contribution in [0.4, 0.5) is 14.5 Å². The van der Waals surface area contributed by atoms with Gasteiger partial charge in [0.25, 0.3) is 5.91 Å². The number of hydrogen-bond donors (Lipinski definition) is 1. The normalized spacial score (nSPS) is 14.5. The van der Waals surface area contributed by atoms with Gasteiger partial charge in [0.05, 0.1) is 5.56 Å². The SMILES string of the molecule is O=C(CCN1CCN(C(=O)c2ccccc2OC(F)F)CC1)Nc1cccc2ccccc12. The lowest BCUT2D eigenvalue weighted by Gasteiger charge is -2.34. The third-order valence-corrected chi connectivity index (χ3v) is 5.71. The van der Waals surface area contributed by atoms with Crippen molar-refractivity contribution in [3.05, 3.63) is 72.3 Å². The number of fused-ring (bicyclic) bond motifs is 1. The van der Waals surface area contributed by atoms with Crippen molar-refractivity contribution in [3.63, 3.8) is 0 Å². The maximum atomic E-state index is 12.8. The first kappa shape index (κ1) is 22.7. The van der Waals surface area contributed by atoms with Crippen LogP contribution in [0.15, 0.2) is 66.7 Å². The van der Waals surface area contributed by atoms with Crippen molar-refractivity contribution in [1.82, 2.24) is 9.80 Å². The Morgan fingerprint density at radius 1 is 0.909 bits per heavy atom. The summed E-state index contributed by atoms with van der Waals surface area (Å²) in [6, 6.07) is 19.7. The summed E-state index contributed by atoms with van der Waals surface area (Å²) in [6.07, 6.45) is 0.336. The quantitative estimate of drug-likeness (QED) is 0.582. The molecule has 0 bridgehead atoms. The van der Waals surface area contributed by atoms with Gasteiger partial charge in [-0.15, -0.1) is 0 Å². The van der Waals surface area contributed by atoms with Crippen molar-refractivity contribution in [2.75, 3.05) is 38.0 Å². The van der Waals surface area contributed by atoms with E-state index in [9.17, 15) is 18.4 Å². The van der Waals surface area contributed by atoms with Crippen LogP contribution in [0.2, 0.25) is 0 Å². The van der Waals surface area contributed by atoms with E-state index in [1.54, 1.807) is 17.0 Å². The van der Waals surface area contributed by atoms with Gasteiger partial charge in [0, 0.05) is 50.2 Å². The Kier molecular flexibility index (Phi) is 7.14. The highest BCUT2D eigenvalue weighted by Crippen LogP contribution is 2.24. The van der Waals surface area contributed by atoms with E-state index in [1.165, 1.54) is 12.1 Å². The monoisotopic (exact) mass is 453 g/mol. The van der Waals surface area contributed by atoms with E-state index in [2.05, 4.69) is 15.0 Å². The summed E-state index contributed by atoms with van der Waals surface area (Å²) >= 11 is 0. The fourth-order valence-electron chi connectivity index (χ4n) is 3.99. The molecule has 0 saturated carbocycles. The average Bonchev–Trinajstić information content (AvgIpc) is 2.83. The molecule has 172 valence electrons. The van der Waals surface area contributed by atoms with Crippen LogP contribution in [0.5, 0.6) is 5.75 Å². The molecule has 1 aliphatic rings. The molecule has 33 heavy (non-hydrogen) atoms. The van der Waals surface area contributed by atoms with E-state index in [0.717, 1.165) is 16.5 Å². The van der Waals surface area contributed by atoms with Crippen LogP contribution in [0.3, 0.4) is 0 Å². The van der Waals surface area contributed by atoms with Crippen LogP contribution >= 0.6 is 0 Å². The number of hydrogen-bond acceptors (Lipinski definition) is 4. The number of nitrogens with one attached hydrogen (secondary N) is 1. The molecule has 4 rings (SSSR count). The number of benzene rings is 3. The summed E-state index contributed by atoms with van der Waals surface area (Å²) in [6.45, 7) is -0.310. The lowest BCUT2D eigenvalue weighted by Crippen LogP contribution is -2.49. The van der Waals surface area contributed by atoms with Gasteiger partial charge >= 0.3 is 6.61 Å². The fourth-order valence-corrected chi connectivity index (χ4v) is 3.99. The number of amides is 2. The molecular weight excluding hydrogens is 428 g/mol. The minimum absolute atomic E-state index is 0.0667. The van der Waals surface area contributed by atoms with E-state index in [4.69, 9.17) is 0 Å². The highest BCUT2D eigenvalue weighted by molar-refractivity contribution is 6.02. The molecule has 0 aromatic heterocycles. The molecular formula is C25H25F2N3O3. The number of rotatable bonds is 7. The van der Waals surface area contributed by atoms with Gasteiger partial charge in [-0.25, -0.2) is 0 Å². The third-order valence-electron chi connectivity index (χ3n) is 5.71. The molecule has 1 N–H and O–H groups in total. The van der Waals surface area contributed by atoms with E-state index in [0.29, 0.717) is 39.1 Å². The maximum Gasteiger partial charge on any atom is 0.387 e. The molecule has 3 aromatic carbocycles. The predicted octanol–water partition coefficient (Wildman–Crippen LogP) is 4.23. The second-order valence-corrected chi connectivity index (χ2v) is 7.83. The van der Waals surface area contributed by atoms with Crippen LogP contribution < -0.4 is 10.1 Å². The van der Waals surface area contributed by atoms with Crippen molar-refractivity contribution in [2.24, 2.45) is 0 Å². The summed E-state index contributed by atoms with van der Waals surface area (Å²) in [7, 11) is 0. The van der Waals surface area contributed by atoms with E-state index >= 15 is 0 Å². The van der Waals surface area contributed by atoms with Gasteiger partial charge < -0.3 is 15.0 Å². The molecule has 0 aliphatic carbocycles. The minimum atomic E-state index is -2.99. The zero-order chi connectivity index (χ0) is 23.2. The summed E-state index contributed by atoms with van der Waals surface area (Å²) in [5.74, 6) is -0.521. The number of ether oxygens (including phenoxy) is 1. The van der Waals surface area contributed by atoms with Gasteiger partial charge in [-0.2, -0.15) is 8.78 Å². The van der Waals surface area contributed by atoms with Crippen LogP contribution in [0.1, 0.15) is 16.8 Å². The van der Waals surface area contributed by atoms with Crippen LogP contribution in [0, 0.1) is 0 Å².